The highest BCUT2D eigenvalue weighted by atomic mass is 32.2. The number of fused-ring (bicyclic) bond motifs is 1. The minimum Gasteiger partial charge on any atom is -0.225 e. The number of rotatable bonds is 1. The fourth-order valence-electron chi connectivity index (χ4n) is 1.62. The molecule has 0 aromatic heterocycles. The highest BCUT2D eigenvalue weighted by Gasteiger charge is 2.11. The van der Waals surface area contributed by atoms with Gasteiger partial charge in [-0.25, -0.2) is 13.6 Å². The van der Waals surface area contributed by atoms with Crippen molar-refractivity contribution in [2.75, 3.05) is 0 Å². The maximum atomic E-state index is 11.3. The Hall–Kier alpha value is -1.39. The van der Waals surface area contributed by atoms with Gasteiger partial charge >= 0.3 is 0 Å². The van der Waals surface area contributed by atoms with Crippen molar-refractivity contribution in [2.45, 2.75) is 11.8 Å². The smallest absolute Gasteiger partial charge is 0.225 e. The van der Waals surface area contributed by atoms with E-state index in [-0.39, 0.29) is 4.90 Å². The fraction of sp³-hybridized carbons (Fsp3) is 0.0909. The number of hydrogen-bond acceptors (Lipinski definition) is 2. The van der Waals surface area contributed by atoms with E-state index in [9.17, 15) is 8.42 Å². The van der Waals surface area contributed by atoms with Crippen LogP contribution in [-0.4, -0.2) is 8.42 Å². The van der Waals surface area contributed by atoms with Gasteiger partial charge in [-0.15, -0.1) is 0 Å². The molecule has 0 aliphatic carbocycles. The third-order valence-electron chi connectivity index (χ3n) is 2.30. The van der Waals surface area contributed by atoms with Crippen LogP contribution in [0.5, 0.6) is 0 Å². The minimum atomic E-state index is -3.64. The second-order valence-electron chi connectivity index (χ2n) is 3.53. The van der Waals surface area contributed by atoms with Crippen LogP contribution >= 0.6 is 0 Å². The summed E-state index contributed by atoms with van der Waals surface area (Å²) in [4.78, 5) is 0.181. The van der Waals surface area contributed by atoms with Gasteiger partial charge in [-0.05, 0) is 18.4 Å². The van der Waals surface area contributed by atoms with Crippen LogP contribution in [-0.2, 0) is 10.0 Å². The molecule has 0 spiro atoms. The van der Waals surface area contributed by atoms with E-state index >= 15 is 0 Å². The number of hydrogen-bond donors (Lipinski definition) is 1. The van der Waals surface area contributed by atoms with Crippen molar-refractivity contribution in [3.8, 4) is 0 Å². The van der Waals surface area contributed by atoms with Crippen LogP contribution in [0.3, 0.4) is 0 Å². The van der Waals surface area contributed by atoms with Crippen molar-refractivity contribution >= 4 is 20.8 Å². The third-order valence-corrected chi connectivity index (χ3v) is 3.27. The van der Waals surface area contributed by atoms with E-state index in [1.165, 1.54) is 6.07 Å². The first-order chi connectivity index (χ1) is 6.98. The molecule has 0 heterocycles. The summed E-state index contributed by atoms with van der Waals surface area (Å²) in [6.45, 7) is 1.96. The van der Waals surface area contributed by atoms with Crippen LogP contribution in [0.2, 0.25) is 0 Å². The molecule has 0 radical (unpaired) electrons. The van der Waals surface area contributed by atoms with Gasteiger partial charge in [0.2, 0.25) is 10.0 Å². The zero-order chi connectivity index (χ0) is 11.1. The van der Waals surface area contributed by atoms with Gasteiger partial charge in [0, 0.05) is 5.39 Å². The molecule has 2 aromatic rings. The molecule has 0 aliphatic heterocycles. The van der Waals surface area contributed by atoms with Gasteiger partial charge in [0.1, 0.15) is 0 Å². The van der Waals surface area contributed by atoms with E-state index in [2.05, 4.69) is 0 Å². The Labute approximate surface area is 88.6 Å². The van der Waals surface area contributed by atoms with Gasteiger partial charge in [-0.1, -0.05) is 35.9 Å². The van der Waals surface area contributed by atoms with E-state index < -0.39 is 10.0 Å². The quantitative estimate of drug-likeness (QED) is 0.798. The monoisotopic (exact) mass is 221 g/mol. The molecular weight excluding hydrogens is 210 g/mol. The molecular formula is C11H11NO2S. The summed E-state index contributed by atoms with van der Waals surface area (Å²) >= 11 is 0. The molecule has 4 heteroatoms. The average Bonchev–Trinajstić information content (AvgIpc) is 2.15. The Balaban J connectivity index is 2.89. The number of nitrogens with two attached hydrogens (primary N) is 1. The van der Waals surface area contributed by atoms with E-state index in [1.54, 1.807) is 12.1 Å². The Kier molecular flexibility index (Phi) is 2.25. The standard InChI is InChI=1S/C11H11NO2S/c1-8-5-6-10-9(7-8)3-2-4-11(10)15(12,13)14/h2-7H,1H3,(H2,12,13,14). The second-order valence-corrected chi connectivity index (χ2v) is 5.06. The summed E-state index contributed by atoms with van der Waals surface area (Å²) in [5.41, 5.74) is 1.09. The molecule has 2 N–H and O–H groups in total. The summed E-state index contributed by atoms with van der Waals surface area (Å²) in [6.07, 6.45) is 0. The molecule has 0 amide bonds. The Morgan fingerprint density at radius 1 is 1.13 bits per heavy atom. The van der Waals surface area contributed by atoms with Gasteiger partial charge in [0.15, 0.2) is 0 Å². The van der Waals surface area contributed by atoms with Gasteiger partial charge in [0.05, 0.1) is 4.90 Å². The predicted molar refractivity (Wildman–Crippen MR) is 60.1 cm³/mol. The first kappa shape index (κ1) is 10.1. The van der Waals surface area contributed by atoms with Crippen molar-refractivity contribution in [3.05, 3.63) is 42.0 Å². The summed E-state index contributed by atoms with van der Waals surface area (Å²) in [5.74, 6) is 0. The lowest BCUT2D eigenvalue weighted by atomic mass is 10.1. The number of sulfonamides is 1. The fourth-order valence-corrected chi connectivity index (χ4v) is 2.38. The van der Waals surface area contributed by atoms with Crippen molar-refractivity contribution in [3.63, 3.8) is 0 Å². The molecule has 0 unspecified atom stereocenters. The molecule has 0 saturated carbocycles. The summed E-state index contributed by atoms with van der Waals surface area (Å²) in [5, 5.41) is 6.70. The Morgan fingerprint density at radius 2 is 1.87 bits per heavy atom. The highest BCUT2D eigenvalue weighted by Crippen LogP contribution is 2.22. The van der Waals surface area contributed by atoms with Crippen LogP contribution in [0, 0.1) is 6.92 Å². The molecule has 3 nitrogen and oxygen atoms in total. The number of benzene rings is 2. The molecule has 78 valence electrons. The Morgan fingerprint density at radius 3 is 2.53 bits per heavy atom. The zero-order valence-corrected chi connectivity index (χ0v) is 9.08. The SMILES string of the molecule is Cc1ccc2c(S(N)(=O)=O)cccc2c1. The second kappa shape index (κ2) is 3.32. The largest absolute Gasteiger partial charge is 0.238 e. The van der Waals surface area contributed by atoms with Crippen molar-refractivity contribution in [1.82, 2.24) is 0 Å². The van der Waals surface area contributed by atoms with E-state index in [0.29, 0.717) is 5.39 Å². The van der Waals surface area contributed by atoms with Crippen LogP contribution in [0.1, 0.15) is 5.56 Å². The van der Waals surface area contributed by atoms with Crippen molar-refractivity contribution in [2.24, 2.45) is 5.14 Å². The van der Waals surface area contributed by atoms with Crippen LogP contribution in [0.25, 0.3) is 10.8 Å². The average molecular weight is 221 g/mol. The summed E-state index contributed by atoms with van der Waals surface area (Å²) in [7, 11) is -3.64. The summed E-state index contributed by atoms with van der Waals surface area (Å²) < 4.78 is 22.6. The Bertz CT molecular complexity index is 618. The molecule has 0 aliphatic rings. The van der Waals surface area contributed by atoms with E-state index in [0.717, 1.165) is 10.9 Å². The molecule has 0 fully saturated rings. The van der Waals surface area contributed by atoms with Crippen LogP contribution < -0.4 is 5.14 Å². The van der Waals surface area contributed by atoms with Crippen LogP contribution in [0.4, 0.5) is 0 Å². The highest BCUT2D eigenvalue weighted by molar-refractivity contribution is 7.89. The predicted octanol–water partition coefficient (Wildman–Crippen LogP) is 1.80. The first-order valence-corrected chi connectivity index (χ1v) is 6.05. The molecule has 0 atom stereocenters. The van der Waals surface area contributed by atoms with Crippen molar-refractivity contribution in [1.29, 1.82) is 0 Å². The zero-order valence-electron chi connectivity index (χ0n) is 8.27. The number of primary sulfonamides is 1. The van der Waals surface area contributed by atoms with Gasteiger partial charge < -0.3 is 0 Å². The topological polar surface area (TPSA) is 60.2 Å². The lowest BCUT2D eigenvalue weighted by molar-refractivity contribution is 0.598. The van der Waals surface area contributed by atoms with Crippen LogP contribution in [0.15, 0.2) is 41.3 Å². The van der Waals surface area contributed by atoms with Gasteiger partial charge in [-0.2, -0.15) is 0 Å². The minimum absolute atomic E-state index is 0.181. The lowest BCUT2D eigenvalue weighted by Gasteiger charge is -2.04. The van der Waals surface area contributed by atoms with Crippen molar-refractivity contribution < 1.29 is 8.42 Å². The first-order valence-electron chi connectivity index (χ1n) is 4.51. The van der Waals surface area contributed by atoms with Gasteiger partial charge in [0.25, 0.3) is 0 Å². The number of aryl methyl sites for hydroxylation is 1. The van der Waals surface area contributed by atoms with E-state index in [1.807, 2.05) is 25.1 Å². The van der Waals surface area contributed by atoms with E-state index in [4.69, 9.17) is 5.14 Å². The molecule has 2 aromatic carbocycles. The maximum absolute atomic E-state index is 11.3. The lowest BCUT2D eigenvalue weighted by Crippen LogP contribution is -2.12. The molecule has 0 saturated heterocycles. The molecule has 0 bridgehead atoms. The summed E-state index contributed by atoms with van der Waals surface area (Å²) in [6, 6.07) is 10.7. The maximum Gasteiger partial charge on any atom is 0.238 e. The van der Waals surface area contributed by atoms with Gasteiger partial charge in [-0.3, -0.25) is 0 Å². The third kappa shape index (κ3) is 1.86. The normalized spacial score (nSPS) is 11.9. The molecule has 2 rings (SSSR count). The molecule has 15 heavy (non-hydrogen) atoms.